The number of rotatable bonds is 12. The van der Waals surface area contributed by atoms with E-state index in [1.165, 1.54) is 5.56 Å². The van der Waals surface area contributed by atoms with E-state index in [0.717, 1.165) is 36.5 Å². The molecule has 0 bridgehead atoms. The maximum Gasteiger partial charge on any atom is 0.255 e. The topological polar surface area (TPSA) is 88.2 Å². The smallest absolute Gasteiger partial charge is 0.255 e. The van der Waals surface area contributed by atoms with Gasteiger partial charge in [0, 0.05) is 30.6 Å². The number of piperidine rings is 1. The van der Waals surface area contributed by atoms with Crippen molar-refractivity contribution in [2.45, 2.75) is 59.4 Å². The third kappa shape index (κ3) is 7.15. The zero-order valence-corrected chi connectivity index (χ0v) is 22.9. The van der Waals surface area contributed by atoms with Crippen molar-refractivity contribution < 1.29 is 23.9 Å². The Hall–Kier alpha value is -3.91. The molecule has 3 amide bonds. The lowest BCUT2D eigenvalue weighted by Crippen LogP contribution is -2.52. The molecule has 2 heterocycles. The second-order valence-electron chi connectivity index (χ2n) is 9.81. The number of carbonyl (C=O) groups excluding carboxylic acids is 3. The van der Waals surface area contributed by atoms with Gasteiger partial charge in [-0.1, -0.05) is 49.4 Å². The van der Waals surface area contributed by atoms with Crippen LogP contribution in [0.15, 0.2) is 66.5 Å². The zero-order valence-electron chi connectivity index (χ0n) is 22.9. The quantitative estimate of drug-likeness (QED) is 0.249. The van der Waals surface area contributed by atoms with Gasteiger partial charge in [-0.05, 0) is 56.1 Å². The third-order valence-corrected chi connectivity index (χ3v) is 7.07. The highest BCUT2D eigenvalue weighted by Gasteiger charge is 2.40. The lowest BCUT2D eigenvalue weighted by atomic mass is 10.0. The number of amides is 3. The van der Waals surface area contributed by atoms with Crippen LogP contribution >= 0.6 is 0 Å². The lowest BCUT2D eigenvalue weighted by Gasteiger charge is -2.29. The first-order valence-electron chi connectivity index (χ1n) is 13.5. The molecule has 0 aromatic heterocycles. The number of fused-ring (bicyclic) bond motifs is 1. The van der Waals surface area contributed by atoms with Gasteiger partial charge in [-0.2, -0.15) is 0 Å². The average Bonchev–Trinajstić information content (AvgIpc) is 3.27. The second kappa shape index (κ2) is 13.2. The van der Waals surface area contributed by atoms with Gasteiger partial charge in [0.25, 0.3) is 5.91 Å². The monoisotopic (exact) mass is 531 g/mol. The molecule has 0 spiro atoms. The molecule has 2 aromatic carbocycles. The summed E-state index contributed by atoms with van der Waals surface area (Å²) in [5.74, 6) is 0.626. The number of carbonyl (C=O) groups is 3. The lowest BCUT2D eigenvalue weighted by molar-refractivity contribution is -0.136. The molecule has 0 aliphatic carbocycles. The summed E-state index contributed by atoms with van der Waals surface area (Å²) < 4.78 is 11.9. The van der Waals surface area contributed by atoms with Gasteiger partial charge in [0.15, 0.2) is 0 Å². The normalized spacial score (nSPS) is 17.6. The van der Waals surface area contributed by atoms with Crippen molar-refractivity contribution in [1.29, 1.82) is 0 Å². The molecule has 0 radical (unpaired) electrons. The van der Waals surface area contributed by atoms with Crippen LogP contribution in [-0.2, 0) is 34.0 Å². The van der Waals surface area contributed by atoms with Crippen molar-refractivity contribution >= 4 is 17.7 Å². The first kappa shape index (κ1) is 28.1. The summed E-state index contributed by atoms with van der Waals surface area (Å²) in [7, 11) is 0. The molecule has 1 saturated heterocycles. The van der Waals surface area contributed by atoms with E-state index >= 15 is 0 Å². The summed E-state index contributed by atoms with van der Waals surface area (Å²) in [5.41, 5.74) is 3.57. The number of benzene rings is 2. The second-order valence-corrected chi connectivity index (χ2v) is 9.81. The minimum absolute atomic E-state index is 0.204. The fraction of sp³-hybridized carbons (Fsp3) is 0.387. The number of hydrogen-bond donors (Lipinski definition) is 1. The Labute approximate surface area is 230 Å². The van der Waals surface area contributed by atoms with E-state index in [-0.39, 0.29) is 24.8 Å². The van der Waals surface area contributed by atoms with E-state index in [9.17, 15) is 14.4 Å². The van der Waals surface area contributed by atoms with Crippen LogP contribution in [0.2, 0.25) is 0 Å². The van der Waals surface area contributed by atoms with Crippen molar-refractivity contribution in [3.8, 4) is 5.75 Å². The van der Waals surface area contributed by atoms with E-state index in [4.69, 9.17) is 9.47 Å². The van der Waals surface area contributed by atoms with Gasteiger partial charge in [-0.25, -0.2) is 0 Å². The van der Waals surface area contributed by atoms with Crippen LogP contribution < -0.4 is 10.1 Å². The fourth-order valence-corrected chi connectivity index (χ4v) is 4.82. The maximum atomic E-state index is 13.0. The molecule has 206 valence electrons. The van der Waals surface area contributed by atoms with Gasteiger partial charge >= 0.3 is 0 Å². The van der Waals surface area contributed by atoms with Gasteiger partial charge in [-0.15, -0.1) is 0 Å². The Balaban J connectivity index is 1.31. The first-order valence-corrected chi connectivity index (χ1v) is 13.5. The Morgan fingerprint density at radius 3 is 2.62 bits per heavy atom. The van der Waals surface area contributed by atoms with E-state index in [1.807, 2.05) is 38.1 Å². The number of likely N-dealkylation sites (N-methyl/N-ethyl adjacent to an activating group) is 1. The highest BCUT2D eigenvalue weighted by molar-refractivity contribution is 6.05. The molecule has 8 nitrogen and oxygen atoms in total. The maximum absolute atomic E-state index is 13.0. The van der Waals surface area contributed by atoms with Crippen molar-refractivity contribution in [3.63, 3.8) is 0 Å². The highest BCUT2D eigenvalue weighted by Crippen LogP contribution is 2.34. The highest BCUT2D eigenvalue weighted by atomic mass is 16.5. The Morgan fingerprint density at radius 2 is 1.90 bits per heavy atom. The van der Waals surface area contributed by atoms with Crippen LogP contribution in [-0.4, -0.2) is 53.3 Å². The van der Waals surface area contributed by atoms with E-state index in [2.05, 4.69) is 41.4 Å². The molecule has 1 atom stereocenters. The number of imide groups is 1. The molecule has 2 aliphatic heterocycles. The van der Waals surface area contributed by atoms with Gasteiger partial charge in [0.05, 0.1) is 12.3 Å². The summed E-state index contributed by atoms with van der Waals surface area (Å²) >= 11 is 0. The molecule has 2 aromatic rings. The summed E-state index contributed by atoms with van der Waals surface area (Å²) in [6.45, 7) is 10.0. The zero-order chi connectivity index (χ0) is 27.8. The van der Waals surface area contributed by atoms with E-state index < -0.39 is 11.9 Å². The van der Waals surface area contributed by atoms with Crippen LogP contribution in [0, 0.1) is 0 Å². The Bertz CT molecular complexity index is 1250. The van der Waals surface area contributed by atoms with Crippen molar-refractivity contribution in [3.05, 3.63) is 88.7 Å². The summed E-state index contributed by atoms with van der Waals surface area (Å²) in [4.78, 5) is 40.8. The standard InChI is InChI=1S/C31H37N3O5/c1-4-6-8-22(3)38-18-17-33(5-2)19-23-11-13-24(14-12-23)21-39-28-10-7-9-25-26(28)20-34(31(25)37)27-15-16-29(35)32-30(27)36/h4,6-14,27H,5,15-21H2,1-3H3,(H,32,35,36). The summed E-state index contributed by atoms with van der Waals surface area (Å²) in [6, 6.07) is 13.1. The molecule has 1 unspecified atom stereocenters. The average molecular weight is 532 g/mol. The molecular weight excluding hydrogens is 494 g/mol. The molecule has 39 heavy (non-hydrogen) atoms. The van der Waals surface area contributed by atoms with Gasteiger partial charge in [-0.3, -0.25) is 24.6 Å². The number of nitrogens with zero attached hydrogens (tertiary/aromatic N) is 2. The fourth-order valence-electron chi connectivity index (χ4n) is 4.82. The van der Waals surface area contributed by atoms with Gasteiger partial charge in [0.2, 0.25) is 11.8 Å². The van der Waals surface area contributed by atoms with Crippen LogP contribution in [0.4, 0.5) is 0 Å². The molecule has 4 rings (SSSR count). The summed E-state index contributed by atoms with van der Waals surface area (Å²) in [6.07, 6.45) is 6.48. The van der Waals surface area contributed by atoms with Crippen LogP contribution in [0.25, 0.3) is 0 Å². The molecule has 1 fully saturated rings. The number of nitrogens with one attached hydrogen (secondary N) is 1. The molecule has 1 N–H and O–H groups in total. The molecule has 8 heteroatoms. The predicted molar refractivity (Wildman–Crippen MR) is 149 cm³/mol. The third-order valence-electron chi connectivity index (χ3n) is 7.07. The van der Waals surface area contributed by atoms with E-state index in [1.54, 1.807) is 17.0 Å². The number of ether oxygens (including phenoxy) is 2. The van der Waals surface area contributed by atoms with Crippen molar-refractivity contribution in [2.24, 2.45) is 0 Å². The number of hydrogen-bond acceptors (Lipinski definition) is 6. The number of allylic oxidation sites excluding steroid dienone is 4. The Morgan fingerprint density at radius 1 is 1.13 bits per heavy atom. The minimum Gasteiger partial charge on any atom is -0.497 e. The SMILES string of the molecule is CC=CC=C(C)OCCN(CC)Cc1ccc(COc2cccc3c2CN(C2CCC(=O)NC2=O)C3=O)cc1. The molecule has 2 aliphatic rings. The summed E-state index contributed by atoms with van der Waals surface area (Å²) in [5, 5.41) is 2.34. The Kier molecular flexibility index (Phi) is 9.54. The molecule has 0 saturated carbocycles. The van der Waals surface area contributed by atoms with Gasteiger partial charge in [0.1, 0.15) is 25.0 Å². The minimum atomic E-state index is -0.643. The largest absolute Gasteiger partial charge is 0.497 e. The van der Waals surface area contributed by atoms with Crippen molar-refractivity contribution in [1.82, 2.24) is 15.1 Å². The van der Waals surface area contributed by atoms with Crippen LogP contribution in [0.1, 0.15) is 60.7 Å². The van der Waals surface area contributed by atoms with Gasteiger partial charge < -0.3 is 14.4 Å². The first-order chi connectivity index (χ1) is 18.9. The van der Waals surface area contributed by atoms with Crippen molar-refractivity contribution in [2.75, 3.05) is 19.7 Å². The molecular formula is C31H37N3O5. The van der Waals surface area contributed by atoms with E-state index in [0.29, 0.717) is 30.9 Å². The predicted octanol–water partition coefficient (Wildman–Crippen LogP) is 4.35. The van der Waals surface area contributed by atoms with Crippen LogP contribution in [0.5, 0.6) is 5.75 Å². The van der Waals surface area contributed by atoms with Crippen LogP contribution in [0.3, 0.4) is 0 Å².